The molecular weight excluding hydrogens is 284 g/mol. The van der Waals surface area contributed by atoms with E-state index in [9.17, 15) is 5.11 Å². The van der Waals surface area contributed by atoms with Crippen LogP contribution in [0.5, 0.6) is 5.75 Å². The number of para-hydroxylation sites is 1. The first-order valence-corrected chi connectivity index (χ1v) is 5.18. The Hall–Kier alpha value is -0.285. The minimum Gasteiger partial charge on any atom is -0.872 e. The molecule has 80 valence electrons. The smallest absolute Gasteiger partial charge is 0.872 e. The van der Waals surface area contributed by atoms with Crippen molar-refractivity contribution < 1.29 is 68.3 Å². The van der Waals surface area contributed by atoms with E-state index in [4.69, 9.17) is 0 Å². The summed E-state index contributed by atoms with van der Waals surface area (Å²) in [7, 11) is 0. The van der Waals surface area contributed by atoms with E-state index < -0.39 is 0 Å². The van der Waals surface area contributed by atoms with Crippen molar-refractivity contribution in [3.8, 4) is 5.75 Å². The summed E-state index contributed by atoms with van der Waals surface area (Å²) in [5.74, 6) is 0.0302. The molecule has 2 aromatic carbocycles. The molecule has 0 saturated heterocycles. The molecule has 0 aromatic heterocycles. The van der Waals surface area contributed by atoms with Crippen LogP contribution in [0.4, 0.5) is 5.69 Å². The van der Waals surface area contributed by atoms with E-state index in [1.54, 1.807) is 24.4 Å². The molecule has 2 rings (SSSR count). The van der Waals surface area contributed by atoms with Crippen molar-refractivity contribution in [2.75, 3.05) is 0 Å². The second kappa shape index (κ2) is 7.22. The van der Waals surface area contributed by atoms with Gasteiger partial charge in [0.05, 0.1) is 0 Å². The summed E-state index contributed by atoms with van der Waals surface area (Å²) in [4.78, 5) is 3.12. The van der Waals surface area contributed by atoms with E-state index in [0.29, 0.717) is 5.56 Å². The quantitative estimate of drug-likeness (QED) is 0.634. The minimum atomic E-state index is 0. The molecule has 0 aliphatic heterocycles. The zero-order valence-corrected chi connectivity index (χ0v) is 15.0. The van der Waals surface area contributed by atoms with E-state index in [2.05, 4.69) is 4.99 Å². The van der Waals surface area contributed by atoms with Crippen LogP contribution in [0.15, 0.2) is 48.5 Å². The largest absolute Gasteiger partial charge is 1.00 e. The molecular formula is C14H13NORb+. The Morgan fingerprint density at radius 1 is 1.06 bits per heavy atom. The maximum Gasteiger partial charge on any atom is 1.00 e. The van der Waals surface area contributed by atoms with Crippen LogP contribution in [0.25, 0.3) is 0 Å². The third-order valence-electron chi connectivity index (χ3n) is 2.33. The fraction of sp³-hybridized carbons (Fsp3) is 0.0714. The molecule has 3 heteroatoms. The van der Waals surface area contributed by atoms with E-state index in [0.717, 1.165) is 5.69 Å². The molecule has 0 atom stereocenters. The Morgan fingerprint density at radius 3 is 2.53 bits per heavy atom. The summed E-state index contributed by atoms with van der Waals surface area (Å²) in [6, 6.07) is 15.0. The average molecular weight is 297 g/mol. The number of aryl methyl sites for hydroxylation is 1. The Balaban J connectivity index is 0.00000144. The number of nitrogens with one attached hydrogen (secondary N) is 1. The van der Waals surface area contributed by atoms with Crippen LogP contribution in [0.2, 0.25) is 0 Å². The SMILES string of the molecule is Cc1cccc([NH+]=Cc2ccccc2[O-])c1.[Rb+]. The van der Waals surface area contributed by atoms with Crippen molar-refractivity contribution in [1.29, 1.82) is 0 Å². The van der Waals surface area contributed by atoms with Gasteiger partial charge in [-0.1, -0.05) is 36.1 Å². The molecule has 0 aliphatic carbocycles. The Labute approximate surface area is 150 Å². The standard InChI is InChI=1S/C14H13NO.Rb/c1-11-5-4-7-13(9-11)15-10-12-6-2-3-8-14(12)16;/h2-10,16H,1H3;/q;+1. The van der Waals surface area contributed by atoms with Crippen LogP contribution in [0.1, 0.15) is 11.1 Å². The zero-order valence-electron chi connectivity index (χ0n) is 10.1. The molecule has 0 saturated carbocycles. The van der Waals surface area contributed by atoms with E-state index >= 15 is 0 Å². The molecule has 17 heavy (non-hydrogen) atoms. The maximum absolute atomic E-state index is 11.4. The van der Waals surface area contributed by atoms with Crippen LogP contribution in [0, 0.1) is 6.92 Å². The van der Waals surface area contributed by atoms with Crippen LogP contribution >= 0.6 is 0 Å². The molecule has 2 nitrogen and oxygen atoms in total. The number of rotatable bonds is 2. The van der Waals surface area contributed by atoms with Gasteiger partial charge in [-0.3, -0.25) is 0 Å². The van der Waals surface area contributed by atoms with Crippen molar-refractivity contribution in [2.24, 2.45) is 0 Å². The first kappa shape index (κ1) is 14.8. The van der Waals surface area contributed by atoms with Gasteiger partial charge < -0.3 is 5.11 Å². The molecule has 1 N–H and O–H groups in total. The van der Waals surface area contributed by atoms with Crippen LogP contribution in [-0.4, -0.2) is 6.21 Å². The van der Waals surface area contributed by atoms with E-state index in [1.165, 1.54) is 5.56 Å². The topological polar surface area (TPSA) is 37.0 Å². The van der Waals surface area contributed by atoms with Gasteiger partial charge >= 0.3 is 58.2 Å². The van der Waals surface area contributed by atoms with Gasteiger partial charge in [0.25, 0.3) is 0 Å². The minimum absolute atomic E-state index is 0. The summed E-state index contributed by atoms with van der Waals surface area (Å²) in [6.07, 6.45) is 1.73. The van der Waals surface area contributed by atoms with Crippen molar-refractivity contribution in [3.63, 3.8) is 0 Å². The van der Waals surface area contributed by atoms with Crippen LogP contribution < -0.4 is 68.3 Å². The normalized spacial score (nSPS) is 10.2. The van der Waals surface area contributed by atoms with E-state index in [1.807, 2.05) is 37.3 Å². The molecule has 0 radical (unpaired) electrons. The Morgan fingerprint density at radius 2 is 1.82 bits per heavy atom. The predicted molar refractivity (Wildman–Crippen MR) is 62.9 cm³/mol. The van der Waals surface area contributed by atoms with Crippen LogP contribution in [-0.2, 0) is 0 Å². The van der Waals surface area contributed by atoms with Gasteiger partial charge in [-0.15, -0.1) is 0 Å². The second-order valence-corrected chi connectivity index (χ2v) is 3.70. The van der Waals surface area contributed by atoms with Crippen molar-refractivity contribution in [2.45, 2.75) is 6.92 Å². The molecule has 0 heterocycles. The fourth-order valence-corrected chi connectivity index (χ4v) is 1.50. The van der Waals surface area contributed by atoms with Gasteiger partial charge in [-0.05, 0) is 18.6 Å². The van der Waals surface area contributed by atoms with Crippen molar-refractivity contribution in [3.05, 3.63) is 59.7 Å². The van der Waals surface area contributed by atoms with Gasteiger partial charge in [-0.25, -0.2) is 4.99 Å². The number of benzene rings is 2. The molecule has 2 aromatic rings. The Bertz CT molecular complexity index is 523. The van der Waals surface area contributed by atoms with Gasteiger partial charge in [0, 0.05) is 17.7 Å². The zero-order chi connectivity index (χ0) is 11.4. The fourth-order valence-electron chi connectivity index (χ4n) is 1.50. The predicted octanol–water partition coefficient (Wildman–Crippen LogP) is -2.10. The molecule has 0 fully saturated rings. The third-order valence-corrected chi connectivity index (χ3v) is 2.33. The van der Waals surface area contributed by atoms with Gasteiger partial charge in [0.15, 0.2) is 6.21 Å². The molecule has 0 unspecified atom stereocenters. The first-order valence-electron chi connectivity index (χ1n) is 5.18. The number of hydrogen-bond donors (Lipinski definition) is 1. The maximum atomic E-state index is 11.4. The van der Waals surface area contributed by atoms with Crippen LogP contribution in [0.3, 0.4) is 0 Å². The van der Waals surface area contributed by atoms with Gasteiger partial charge in [0.2, 0.25) is 5.69 Å². The molecule has 0 spiro atoms. The summed E-state index contributed by atoms with van der Waals surface area (Å²) in [5.41, 5.74) is 2.85. The summed E-state index contributed by atoms with van der Waals surface area (Å²) < 4.78 is 0. The van der Waals surface area contributed by atoms with E-state index in [-0.39, 0.29) is 63.9 Å². The number of hydrogen-bond acceptors (Lipinski definition) is 1. The van der Waals surface area contributed by atoms with Gasteiger partial charge in [0.1, 0.15) is 0 Å². The van der Waals surface area contributed by atoms with Gasteiger partial charge in [-0.2, -0.15) is 0 Å². The van der Waals surface area contributed by atoms with Crippen molar-refractivity contribution in [1.82, 2.24) is 0 Å². The monoisotopic (exact) mass is 296 g/mol. The average Bonchev–Trinajstić information content (AvgIpc) is 2.28. The molecule has 0 aliphatic rings. The summed E-state index contributed by atoms with van der Waals surface area (Å²) in [5, 5.41) is 11.4. The molecule has 0 amide bonds. The Kier molecular flexibility index (Phi) is 6.27. The molecule has 0 bridgehead atoms. The van der Waals surface area contributed by atoms with Crippen molar-refractivity contribution >= 4 is 11.9 Å². The third kappa shape index (κ3) is 4.47. The summed E-state index contributed by atoms with van der Waals surface area (Å²) >= 11 is 0. The summed E-state index contributed by atoms with van der Waals surface area (Å²) in [6.45, 7) is 2.03. The second-order valence-electron chi connectivity index (χ2n) is 3.70. The first-order chi connectivity index (χ1) is 7.75.